The molecule has 0 saturated carbocycles. The number of halogens is 2. The Morgan fingerprint density at radius 3 is 2.35 bits per heavy atom. The highest BCUT2D eigenvalue weighted by atomic mass is 35.5. The smallest absolute Gasteiger partial charge is 0.185 e. The van der Waals surface area contributed by atoms with Crippen LogP contribution in [0.25, 0.3) is 5.69 Å². The van der Waals surface area contributed by atoms with Gasteiger partial charge in [0.2, 0.25) is 0 Å². The summed E-state index contributed by atoms with van der Waals surface area (Å²) in [6, 6.07) is 11.2. The number of hydrogen-bond donors (Lipinski definition) is 0. The van der Waals surface area contributed by atoms with E-state index in [1.165, 1.54) is 16.8 Å². The third-order valence-electron chi connectivity index (χ3n) is 3.10. The van der Waals surface area contributed by atoms with Gasteiger partial charge in [0, 0.05) is 5.02 Å². The Hall–Kier alpha value is -2.32. The minimum atomic E-state index is -3.69. The van der Waals surface area contributed by atoms with Crippen molar-refractivity contribution < 1.29 is 12.8 Å². The van der Waals surface area contributed by atoms with Gasteiger partial charge in [0.05, 0.1) is 10.6 Å². The molecule has 0 atom stereocenters. The first kappa shape index (κ1) is 15.6. The van der Waals surface area contributed by atoms with Gasteiger partial charge in [-0.1, -0.05) is 11.6 Å². The van der Waals surface area contributed by atoms with Gasteiger partial charge in [0.15, 0.2) is 15.7 Å². The van der Waals surface area contributed by atoms with Gasteiger partial charge in [-0.3, -0.25) is 0 Å². The van der Waals surface area contributed by atoms with Crippen molar-refractivity contribution in [3.8, 4) is 5.69 Å². The van der Waals surface area contributed by atoms with Gasteiger partial charge in [0.25, 0.3) is 0 Å². The Labute approximate surface area is 136 Å². The van der Waals surface area contributed by atoms with Crippen molar-refractivity contribution in [2.24, 2.45) is 0 Å². The summed E-state index contributed by atoms with van der Waals surface area (Å²) in [6.07, 6.45) is 0. The first-order valence-electron chi connectivity index (χ1n) is 6.47. The van der Waals surface area contributed by atoms with Crippen molar-refractivity contribution >= 4 is 21.4 Å². The monoisotopic (exact) mass is 352 g/mol. The molecule has 3 aromatic rings. The van der Waals surface area contributed by atoms with E-state index in [0.717, 1.165) is 12.1 Å². The van der Waals surface area contributed by atoms with Crippen molar-refractivity contribution in [3.63, 3.8) is 0 Å². The van der Waals surface area contributed by atoms with Crippen molar-refractivity contribution in [2.45, 2.75) is 10.6 Å². The number of nitrogens with zero attached hydrogens (tertiary/aromatic N) is 4. The van der Waals surface area contributed by atoms with Crippen LogP contribution in [0.3, 0.4) is 0 Å². The Balaban J connectivity index is 1.93. The largest absolute Gasteiger partial charge is 0.223 e. The van der Waals surface area contributed by atoms with Crippen LogP contribution < -0.4 is 0 Å². The summed E-state index contributed by atoms with van der Waals surface area (Å²) >= 11 is 5.82. The van der Waals surface area contributed by atoms with E-state index >= 15 is 0 Å². The SMILES string of the molecule is O=S(=O)(Cc1nnnn1-c1ccc(Cl)cc1)c1ccc(F)cc1. The number of hydrogen-bond acceptors (Lipinski definition) is 5. The minimum Gasteiger partial charge on any atom is -0.223 e. The van der Waals surface area contributed by atoms with Crippen molar-refractivity contribution in [1.29, 1.82) is 0 Å². The van der Waals surface area contributed by atoms with E-state index in [9.17, 15) is 12.8 Å². The highest BCUT2D eigenvalue weighted by molar-refractivity contribution is 7.90. The van der Waals surface area contributed by atoms with Crippen LogP contribution in [0.5, 0.6) is 0 Å². The zero-order valence-electron chi connectivity index (χ0n) is 11.6. The summed E-state index contributed by atoms with van der Waals surface area (Å²) in [5.41, 5.74) is 0.587. The maximum absolute atomic E-state index is 12.9. The van der Waals surface area contributed by atoms with Gasteiger partial charge in [0.1, 0.15) is 11.6 Å². The quantitative estimate of drug-likeness (QED) is 0.674. The van der Waals surface area contributed by atoms with Crippen molar-refractivity contribution in [2.75, 3.05) is 0 Å². The molecule has 6 nitrogen and oxygen atoms in total. The summed E-state index contributed by atoms with van der Waals surface area (Å²) in [4.78, 5) is 0.00422. The summed E-state index contributed by atoms with van der Waals surface area (Å²) in [5, 5.41) is 11.6. The van der Waals surface area contributed by atoms with Gasteiger partial charge < -0.3 is 0 Å². The predicted octanol–water partition coefficient (Wildman–Crippen LogP) is 2.43. The lowest BCUT2D eigenvalue weighted by Crippen LogP contribution is -2.11. The topological polar surface area (TPSA) is 77.7 Å². The van der Waals surface area contributed by atoms with E-state index in [1.54, 1.807) is 24.3 Å². The van der Waals surface area contributed by atoms with Crippen LogP contribution in [0.4, 0.5) is 4.39 Å². The molecule has 1 aromatic heterocycles. The van der Waals surface area contributed by atoms with Gasteiger partial charge in [-0.2, -0.15) is 4.68 Å². The molecule has 0 spiro atoms. The highest BCUT2D eigenvalue weighted by Gasteiger charge is 2.20. The van der Waals surface area contributed by atoms with Crippen molar-refractivity contribution in [1.82, 2.24) is 20.2 Å². The van der Waals surface area contributed by atoms with Gasteiger partial charge in [-0.15, -0.1) is 5.10 Å². The molecule has 9 heteroatoms. The fourth-order valence-electron chi connectivity index (χ4n) is 1.97. The fraction of sp³-hybridized carbons (Fsp3) is 0.0714. The van der Waals surface area contributed by atoms with Crippen LogP contribution in [-0.2, 0) is 15.6 Å². The number of aromatic nitrogens is 4. The number of sulfone groups is 1. The maximum Gasteiger partial charge on any atom is 0.185 e. The van der Waals surface area contributed by atoms with E-state index < -0.39 is 21.4 Å². The van der Waals surface area contributed by atoms with Crippen LogP contribution in [0.1, 0.15) is 5.82 Å². The molecule has 0 radical (unpaired) electrons. The molecular formula is C14H10ClFN4O2S. The lowest BCUT2D eigenvalue weighted by Gasteiger charge is -2.06. The van der Waals surface area contributed by atoms with Crippen LogP contribution in [-0.4, -0.2) is 28.6 Å². The molecule has 0 N–H and O–H groups in total. The molecule has 23 heavy (non-hydrogen) atoms. The van der Waals surface area contributed by atoms with E-state index in [1.807, 2.05) is 0 Å². The molecule has 0 aliphatic carbocycles. The second-order valence-corrected chi connectivity index (χ2v) is 7.12. The molecule has 118 valence electrons. The average Bonchev–Trinajstić information content (AvgIpc) is 2.96. The molecule has 0 amide bonds. The Kier molecular flexibility index (Phi) is 4.10. The standard InChI is InChI=1S/C14H10ClFN4O2S/c15-10-1-5-12(6-2-10)20-14(17-18-19-20)9-23(21,22)13-7-3-11(16)4-8-13/h1-8H,9H2. The highest BCUT2D eigenvalue weighted by Crippen LogP contribution is 2.18. The second kappa shape index (κ2) is 6.05. The molecule has 0 saturated heterocycles. The zero-order chi connectivity index (χ0) is 16.4. The lowest BCUT2D eigenvalue weighted by molar-refractivity contribution is 0.591. The lowest BCUT2D eigenvalue weighted by atomic mass is 10.3. The molecule has 1 heterocycles. The Bertz CT molecular complexity index is 924. The van der Waals surface area contributed by atoms with Crippen LogP contribution in [0.2, 0.25) is 5.02 Å². The summed E-state index contributed by atoms with van der Waals surface area (Å²) in [5.74, 6) is -0.763. The molecule has 3 rings (SSSR count). The Morgan fingerprint density at radius 1 is 1.04 bits per heavy atom. The zero-order valence-corrected chi connectivity index (χ0v) is 13.2. The third kappa shape index (κ3) is 3.38. The van der Waals surface area contributed by atoms with Crippen LogP contribution in [0, 0.1) is 5.82 Å². The molecule has 0 aliphatic heterocycles. The molecule has 0 bridgehead atoms. The summed E-state index contributed by atoms with van der Waals surface area (Å²) < 4.78 is 39.0. The van der Waals surface area contributed by atoms with Crippen molar-refractivity contribution in [3.05, 3.63) is 65.2 Å². The third-order valence-corrected chi connectivity index (χ3v) is 4.98. The molecule has 0 fully saturated rings. The Morgan fingerprint density at radius 2 is 1.70 bits per heavy atom. The maximum atomic E-state index is 12.9. The van der Waals surface area contributed by atoms with Crippen LogP contribution >= 0.6 is 11.6 Å². The first-order valence-corrected chi connectivity index (χ1v) is 8.50. The van der Waals surface area contributed by atoms with Gasteiger partial charge in [-0.05, 0) is 59.0 Å². The summed E-state index contributed by atoms with van der Waals surface area (Å²) in [7, 11) is -3.69. The number of benzene rings is 2. The first-order chi connectivity index (χ1) is 11.0. The van der Waals surface area contributed by atoms with E-state index in [2.05, 4.69) is 15.5 Å². The molecule has 2 aromatic carbocycles. The molecule has 0 aliphatic rings. The minimum absolute atomic E-state index is 0.00422. The fourth-order valence-corrected chi connectivity index (χ4v) is 3.34. The van der Waals surface area contributed by atoms with E-state index in [0.29, 0.717) is 10.7 Å². The van der Waals surface area contributed by atoms with E-state index in [-0.39, 0.29) is 10.7 Å². The summed E-state index contributed by atoms with van der Waals surface area (Å²) in [6.45, 7) is 0. The molecular weight excluding hydrogens is 343 g/mol. The number of rotatable bonds is 4. The van der Waals surface area contributed by atoms with Gasteiger partial charge >= 0.3 is 0 Å². The number of tetrazole rings is 1. The van der Waals surface area contributed by atoms with E-state index in [4.69, 9.17) is 11.6 Å². The average molecular weight is 353 g/mol. The normalized spacial score (nSPS) is 11.6. The second-order valence-electron chi connectivity index (χ2n) is 4.70. The van der Waals surface area contributed by atoms with Gasteiger partial charge in [-0.25, -0.2) is 12.8 Å². The van der Waals surface area contributed by atoms with Crippen LogP contribution in [0.15, 0.2) is 53.4 Å². The predicted molar refractivity (Wildman–Crippen MR) is 81.5 cm³/mol. The molecule has 0 unspecified atom stereocenters.